The zero-order chi connectivity index (χ0) is 19.0. The van der Waals surface area contributed by atoms with E-state index in [1.54, 1.807) is 0 Å². The van der Waals surface area contributed by atoms with Gasteiger partial charge in [0.15, 0.2) is 9.84 Å². The Morgan fingerprint density at radius 1 is 1.04 bits per heavy atom. The van der Waals surface area contributed by atoms with Crippen molar-refractivity contribution in [3.05, 3.63) is 53.1 Å². The Labute approximate surface area is 149 Å². The van der Waals surface area contributed by atoms with Crippen molar-refractivity contribution in [1.29, 1.82) is 0 Å². The maximum Gasteiger partial charge on any atom is 0.238 e. The Morgan fingerprint density at radius 2 is 1.68 bits per heavy atom. The van der Waals surface area contributed by atoms with Crippen molar-refractivity contribution >= 4 is 25.5 Å². The average molecular weight is 383 g/mol. The molecule has 2 aromatic rings. The number of hydrogen-bond donors (Lipinski definition) is 2. The lowest BCUT2D eigenvalue weighted by atomic mass is 9.98. The summed E-state index contributed by atoms with van der Waals surface area (Å²) < 4.78 is 47.2. The van der Waals surface area contributed by atoms with Crippen LogP contribution in [0.2, 0.25) is 0 Å². The van der Waals surface area contributed by atoms with E-state index in [1.165, 1.54) is 12.1 Å². The van der Waals surface area contributed by atoms with Gasteiger partial charge in [-0.1, -0.05) is 18.2 Å². The molecule has 8 heteroatoms. The molecule has 2 rings (SSSR count). The number of sulfone groups is 1. The Balaban J connectivity index is 2.51. The van der Waals surface area contributed by atoms with Crippen LogP contribution in [0.25, 0.3) is 0 Å². The highest BCUT2D eigenvalue weighted by atomic mass is 32.2. The van der Waals surface area contributed by atoms with Gasteiger partial charge < -0.3 is 5.32 Å². The molecular weight excluding hydrogens is 360 g/mol. The van der Waals surface area contributed by atoms with Crippen LogP contribution in [0.1, 0.15) is 29.7 Å². The highest BCUT2D eigenvalue weighted by Crippen LogP contribution is 2.29. The summed E-state index contributed by atoms with van der Waals surface area (Å²) in [7, 11) is -7.63. The Bertz CT molecular complexity index is 1010. The first-order chi connectivity index (χ1) is 11.4. The second-order valence-corrected chi connectivity index (χ2v) is 9.68. The van der Waals surface area contributed by atoms with E-state index in [0.29, 0.717) is 5.69 Å². The van der Waals surface area contributed by atoms with Gasteiger partial charge in [0.05, 0.1) is 15.5 Å². The van der Waals surface area contributed by atoms with E-state index < -0.39 is 19.9 Å². The van der Waals surface area contributed by atoms with Crippen LogP contribution in [0.3, 0.4) is 0 Å². The number of nitrogens with two attached hydrogens (primary N) is 1. The minimum absolute atomic E-state index is 0.101. The summed E-state index contributed by atoms with van der Waals surface area (Å²) in [4.78, 5) is -0.339. The van der Waals surface area contributed by atoms with Crippen molar-refractivity contribution in [2.24, 2.45) is 5.14 Å². The van der Waals surface area contributed by atoms with Crippen LogP contribution in [-0.4, -0.2) is 23.1 Å². The molecule has 0 aliphatic heterocycles. The van der Waals surface area contributed by atoms with Gasteiger partial charge in [0.1, 0.15) is 0 Å². The van der Waals surface area contributed by atoms with Crippen molar-refractivity contribution in [1.82, 2.24) is 0 Å². The first-order valence-electron chi connectivity index (χ1n) is 7.61. The molecule has 0 aliphatic carbocycles. The highest BCUT2D eigenvalue weighted by molar-refractivity contribution is 7.91. The molecule has 0 aliphatic rings. The molecule has 0 amide bonds. The number of sulfonamides is 1. The van der Waals surface area contributed by atoms with Gasteiger partial charge in [0.25, 0.3) is 0 Å². The Morgan fingerprint density at radius 3 is 2.24 bits per heavy atom. The second-order valence-electron chi connectivity index (χ2n) is 6.13. The van der Waals surface area contributed by atoms with Crippen LogP contribution in [0.15, 0.2) is 46.2 Å². The highest BCUT2D eigenvalue weighted by Gasteiger charge is 2.20. The van der Waals surface area contributed by atoms with Crippen molar-refractivity contribution in [3.63, 3.8) is 0 Å². The fourth-order valence-corrected chi connectivity index (χ4v) is 4.14. The second kappa shape index (κ2) is 6.78. The maximum absolute atomic E-state index is 12.1. The van der Waals surface area contributed by atoms with Crippen molar-refractivity contribution in [2.45, 2.75) is 36.6 Å². The minimum atomic E-state index is -3.99. The minimum Gasteiger partial charge on any atom is -0.377 e. The quantitative estimate of drug-likeness (QED) is 0.826. The molecule has 0 bridgehead atoms. The third-order valence-corrected chi connectivity index (χ3v) is 6.21. The standard InChI is InChI=1S/C17H22N2O4S2/c1-11-6-5-7-15(12(11)2)13(3)19-16-9-8-14(25(18,22)23)10-17(16)24(4,20)21/h5-10,13,19H,1-4H3,(H2,18,22,23). The molecule has 0 aromatic heterocycles. The summed E-state index contributed by atoms with van der Waals surface area (Å²) in [5.74, 6) is 0. The van der Waals surface area contributed by atoms with Crippen LogP contribution in [0, 0.1) is 13.8 Å². The van der Waals surface area contributed by atoms with E-state index in [9.17, 15) is 16.8 Å². The molecule has 1 unspecified atom stereocenters. The molecule has 136 valence electrons. The molecule has 25 heavy (non-hydrogen) atoms. The first-order valence-corrected chi connectivity index (χ1v) is 11.0. The average Bonchev–Trinajstić information content (AvgIpc) is 2.48. The van der Waals surface area contributed by atoms with Gasteiger partial charge in [-0.15, -0.1) is 0 Å². The molecule has 0 radical (unpaired) electrons. The molecule has 0 saturated carbocycles. The largest absolute Gasteiger partial charge is 0.377 e. The Kier molecular flexibility index (Phi) is 5.27. The predicted molar refractivity (Wildman–Crippen MR) is 98.9 cm³/mol. The summed E-state index contributed by atoms with van der Waals surface area (Å²) in [6, 6.07) is 9.56. The van der Waals surface area contributed by atoms with Crippen molar-refractivity contribution < 1.29 is 16.8 Å². The van der Waals surface area contributed by atoms with Gasteiger partial charge in [-0.3, -0.25) is 0 Å². The summed E-state index contributed by atoms with van der Waals surface area (Å²) >= 11 is 0. The zero-order valence-electron chi connectivity index (χ0n) is 14.6. The van der Waals surface area contributed by atoms with E-state index >= 15 is 0 Å². The number of hydrogen-bond acceptors (Lipinski definition) is 5. The van der Waals surface area contributed by atoms with Crippen LogP contribution >= 0.6 is 0 Å². The SMILES string of the molecule is Cc1cccc(C(C)Nc2ccc(S(N)(=O)=O)cc2S(C)(=O)=O)c1C. The van der Waals surface area contributed by atoms with Crippen LogP contribution < -0.4 is 10.5 Å². The number of primary sulfonamides is 1. The Hall–Kier alpha value is -1.90. The van der Waals surface area contributed by atoms with Gasteiger partial charge >= 0.3 is 0 Å². The fraction of sp³-hybridized carbons (Fsp3) is 0.294. The van der Waals surface area contributed by atoms with E-state index in [4.69, 9.17) is 5.14 Å². The summed E-state index contributed by atoms with van der Waals surface area (Å²) in [6.07, 6.45) is 1.03. The van der Waals surface area contributed by atoms with Crippen LogP contribution in [0.4, 0.5) is 5.69 Å². The molecule has 0 spiro atoms. The predicted octanol–water partition coefficient (Wildman–Crippen LogP) is 2.53. The number of aryl methyl sites for hydroxylation is 1. The number of benzene rings is 2. The van der Waals surface area contributed by atoms with Gasteiger partial charge in [0.2, 0.25) is 10.0 Å². The first kappa shape index (κ1) is 19.4. The molecule has 0 fully saturated rings. The van der Waals surface area contributed by atoms with E-state index in [1.807, 2.05) is 39.0 Å². The van der Waals surface area contributed by atoms with Gasteiger partial charge in [-0.25, -0.2) is 22.0 Å². The number of nitrogens with one attached hydrogen (secondary N) is 1. The number of rotatable bonds is 5. The summed E-state index contributed by atoms with van der Waals surface area (Å²) in [5.41, 5.74) is 3.63. The fourth-order valence-electron chi connectivity index (χ4n) is 2.66. The lowest BCUT2D eigenvalue weighted by Crippen LogP contribution is -2.15. The molecule has 0 heterocycles. The molecule has 2 aromatic carbocycles. The molecule has 0 saturated heterocycles. The third-order valence-electron chi connectivity index (χ3n) is 4.17. The molecule has 3 N–H and O–H groups in total. The van der Waals surface area contributed by atoms with Gasteiger partial charge in [-0.05, 0) is 55.7 Å². The topological polar surface area (TPSA) is 106 Å². The molecule has 6 nitrogen and oxygen atoms in total. The lowest BCUT2D eigenvalue weighted by Gasteiger charge is -2.21. The van der Waals surface area contributed by atoms with Crippen molar-refractivity contribution in [2.75, 3.05) is 11.6 Å². The van der Waals surface area contributed by atoms with E-state index in [0.717, 1.165) is 29.0 Å². The van der Waals surface area contributed by atoms with Gasteiger partial charge in [0, 0.05) is 12.3 Å². The molecule has 1 atom stereocenters. The van der Waals surface area contributed by atoms with E-state index in [-0.39, 0.29) is 15.8 Å². The third kappa shape index (κ3) is 4.39. The van der Waals surface area contributed by atoms with Gasteiger partial charge in [-0.2, -0.15) is 0 Å². The van der Waals surface area contributed by atoms with Crippen LogP contribution in [0.5, 0.6) is 0 Å². The van der Waals surface area contributed by atoms with Crippen LogP contribution in [-0.2, 0) is 19.9 Å². The lowest BCUT2D eigenvalue weighted by molar-refractivity contribution is 0.597. The summed E-state index contributed by atoms with van der Waals surface area (Å²) in [6.45, 7) is 5.93. The maximum atomic E-state index is 12.1. The monoisotopic (exact) mass is 382 g/mol. The number of anilines is 1. The molecular formula is C17H22N2O4S2. The normalized spacial score (nSPS) is 13.5. The van der Waals surface area contributed by atoms with Crippen molar-refractivity contribution in [3.8, 4) is 0 Å². The smallest absolute Gasteiger partial charge is 0.238 e. The zero-order valence-corrected chi connectivity index (χ0v) is 16.2. The van der Waals surface area contributed by atoms with E-state index in [2.05, 4.69) is 5.32 Å². The summed E-state index contributed by atoms with van der Waals surface area (Å²) in [5, 5.41) is 8.27.